The molecule has 166 valence electrons. The van der Waals surface area contributed by atoms with Crippen LogP contribution >= 0.6 is 0 Å². The predicted octanol–water partition coefficient (Wildman–Crippen LogP) is 3.42. The van der Waals surface area contributed by atoms with Crippen molar-refractivity contribution in [1.82, 2.24) is 0 Å². The summed E-state index contributed by atoms with van der Waals surface area (Å²) in [5.74, 6) is 1.30. The quantitative estimate of drug-likeness (QED) is 0.572. The molecule has 0 bridgehead atoms. The molecule has 5 nitrogen and oxygen atoms in total. The molecule has 4 rings (SSSR count). The van der Waals surface area contributed by atoms with Crippen molar-refractivity contribution < 1.29 is 20.1 Å². The molecule has 0 saturated heterocycles. The molecule has 5 N–H and O–H groups in total. The van der Waals surface area contributed by atoms with Crippen LogP contribution in [0.5, 0.6) is 0 Å². The Bertz CT molecular complexity index is 640. The van der Waals surface area contributed by atoms with Crippen LogP contribution in [0, 0.1) is 46.3 Å². The smallest absolute Gasteiger partial charge is 0.303 e. The zero-order chi connectivity index (χ0) is 21.1. The first-order valence-electron chi connectivity index (χ1n) is 11.9. The third-order valence-electron chi connectivity index (χ3n) is 10.4. The Balaban J connectivity index is 1.61. The van der Waals surface area contributed by atoms with Gasteiger partial charge in [0, 0.05) is 12.5 Å². The lowest BCUT2D eigenvalue weighted by molar-refractivity contribution is -0.202. The van der Waals surface area contributed by atoms with Crippen LogP contribution in [0.4, 0.5) is 0 Å². The summed E-state index contributed by atoms with van der Waals surface area (Å²) in [6.45, 7) is 6.81. The molecule has 0 amide bonds. The van der Waals surface area contributed by atoms with Crippen LogP contribution in [0.25, 0.3) is 0 Å². The zero-order valence-corrected chi connectivity index (χ0v) is 18.4. The first kappa shape index (κ1) is 21.6. The van der Waals surface area contributed by atoms with Gasteiger partial charge in [0.15, 0.2) is 0 Å². The third kappa shape index (κ3) is 3.27. The Morgan fingerprint density at radius 3 is 2.52 bits per heavy atom. The van der Waals surface area contributed by atoms with Gasteiger partial charge in [0.05, 0.1) is 12.2 Å². The molecule has 0 aromatic heterocycles. The summed E-state index contributed by atoms with van der Waals surface area (Å²) < 4.78 is 0. The molecule has 0 heterocycles. The van der Waals surface area contributed by atoms with Crippen LogP contribution in [-0.4, -0.2) is 39.5 Å². The summed E-state index contributed by atoms with van der Waals surface area (Å²) in [6.07, 6.45) is 7.09. The molecule has 4 fully saturated rings. The van der Waals surface area contributed by atoms with Crippen molar-refractivity contribution in [3.63, 3.8) is 0 Å². The largest absolute Gasteiger partial charge is 0.481 e. The SMILES string of the molecule is C[C@H](CCC(=O)O)[C@H]1CC[C@H]2[C@@H]3C(O)C[C@@H]4C[C@@H](N)CC[C@]4(C)[C@H]3C[C@H](O)[C@]12C. The lowest BCUT2D eigenvalue weighted by atomic mass is 9.43. The number of carbonyl (C=O) groups is 1. The van der Waals surface area contributed by atoms with Gasteiger partial charge in [-0.15, -0.1) is 0 Å². The molecule has 0 aromatic rings. The van der Waals surface area contributed by atoms with E-state index in [1.165, 1.54) is 0 Å². The van der Waals surface area contributed by atoms with Crippen LogP contribution in [0.1, 0.15) is 78.6 Å². The van der Waals surface area contributed by atoms with Gasteiger partial charge in [-0.3, -0.25) is 4.79 Å². The fraction of sp³-hybridized carbons (Fsp3) is 0.958. The lowest BCUT2D eigenvalue weighted by Gasteiger charge is -2.63. The molecule has 5 heteroatoms. The highest BCUT2D eigenvalue weighted by molar-refractivity contribution is 5.66. The molecule has 1 unspecified atom stereocenters. The molecule has 0 aromatic carbocycles. The second-order valence-electron chi connectivity index (χ2n) is 11.5. The summed E-state index contributed by atoms with van der Waals surface area (Å²) in [5, 5.41) is 31.9. The molecule has 11 atom stereocenters. The highest BCUT2D eigenvalue weighted by Gasteiger charge is 2.65. The van der Waals surface area contributed by atoms with E-state index in [-0.39, 0.29) is 47.3 Å². The van der Waals surface area contributed by atoms with E-state index >= 15 is 0 Å². The second kappa shape index (κ2) is 7.49. The monoisotopic (exact) mass is 407 g/mol. The molecular weight excluding hydrogens is 366 g/mol. The number of aliphatic hydroxyl groups excluding tert-OH is 2. The highest BCUT2D eigenvalue weighted by atomic mass is 16.4. The fourth-order valence-electron chi connectivity index (χ4n) is 8.74. The van der Waals surface area contributed by atoms with Crippen LogP contribution < -0.4 is 5.73 Å². The van der Waals surface area contributed by atoms with Gasteiger partial charge in [-0.05, 0) is 97.7 Å². The summed E-state index contributed by atoms with van der Waals surface area (Å²) in [7, 11) is 0. The number of fused-ring (bicyclic) bond motifs is 5. The van der Waals surface area contributed by atoms with Gasteiger partial charge in [0.1, 0.15) is 0 Å². The van der Waals surface area contributed by atoms with E-state index in [0.29, 0.717) is 30.1 Å². The van der Waals surface area contributed by atoms with Gasteiger partial charge in [-0.1, -0.05) is 20.8 Å². The van der Waals surface area contributed by atoms with Gasteiger partial charge < -0.3 is 21.1 Å². The zero-order valence-electron chi connectivity index (χ0n) is 18.4. The Labute approximate surface area is 175 Å². The van der Waals surface area contributed by atoms with Crippen molar-refractivity contribution in [1.29, 1.82) is 0 Å². The Hall–Kier alpha value is -0.650. The summed E-state index contributed by atoms with van der Waals surface area (Å²) in [6, 6.07) is 0.251. The van der Waals surface area contributed by atoms with Crippen LogP contribution in [0.3, 0.4) is 0 Å². The minimum atomic E-state index is -0.738. The van der Waals surface area contributed by atoms with Crippen molar-refractivity contribution in [3.05, 3.63) is 0 Å². The van der Waals surface area contributed by atoms with Crippen LogP contribution in [0.15, 0.2) is 0 Å². The third-order valence-corrected chi connectivity index (χ3v) is 10.4. The van der Waals surface area contributed by atoms with E-state index in [9.17, 15) is 15.0 Å². The van der Waals surface area contributed by atoms with Gasteiger partial charge in [-0.2, -0.15) is 0 Å². The first-order valence-corrected chi connectivity index (χ1v) is 11.9. The Kier molecular flexibility index (Phi) is 5.57. The number of carboxylic acids is 1. The van der Waals surface area contributed by atoms with Crippen molar-refractivity contribution in [2.75, 3.05) is 0 Å². The van der Waals surface area contributed by atoms with E-state index < -0.39 is 5.97 Å². The molecule has 0 aliphatic heterocycles. The maximum absolute atomic E-state index is 11.5. The number of hydrogen-bond donors (Lipinski definition) is 4. The average Bonchev–Trinajstić information content (AvgIpc) is 3.01. The lowest BCUT2D eigenvalue weighted by Crippen LogP contribution is -2.62. The normalized spacial score (nSPS) is 52.9. The first-order chi connectivity index (χ1) is 13.6. The van der Waals surface area contributed by atoms with Crippen molar-refractivity contribution in [2.45, 2.75) is 96.8 Å². The molecule has 0 spiro atoms. The van der Waals surface area contributed by atoms with Crippen molar-refractivity contribution in [2.24, 2.45) is 52.1 Å². The molecular formula is C24H41NO4. The maximum Gasteiger partial charge on any atom is 0.303 e. The minimum Gasteiger partial charge on any atom is -0.481 e. The number of rotatable bonds is 4. The molecule has 4 saturated carbocycles. The van der Waals surface area contributed by atoms with E-state index in [2.05, 4.69) is 20.8 Å². The van der Waals surface area contributed by atoms with E-state index in [0.717, 1.165) is 44.9 Å². The second-order valence-corrected chi connectivity index (χ2v) is 11.5. The Morgan fingerprint density at radius 1 is 1.10 bits per heavy atom. The number of aliphatic carboxylic acids is 1. The number of aliphatic hydroxyl groups is 2. The molecule has 29 heavy (non-hydrogen) atoms. The Morgan fingerprint density at radius 2 is 1.83 bits per heavy atom. The van der Waals surface area contributed by atoms with E-state index in [1.54, 1.807) is 0 Å². The number of nitrogens with two attached hydrogens (primary N) is 1. The summed E-state index contributed by atoms with van der Waals surface area (Å²) >= 11 is 0. The van der Waals surface area contributed by atoms with Crippen LogP contribution in [-0.2, 0) is 4.79 Å². The average molecular weight is 408 g/mol. The molecule has 4 aliphatic rings. The summed E-state index contributed by atoms with van der Waals surface area (Å²) in [4.78, 5) is 11.1. The van der Waals surface area contributed by atoms with Gasteiger partial charge in [0.25, 0.3) is 0 Å². The fourth-order valence-corrected chi connectivity index (χ4v) is 8.74. The van der Waals surface area contributed by atoms with Crippen LogP contribution in [0.2, 0.25) is 0 Å². The van der Waals surface area contributed by atoms with Gasteiger partial charge >= 0.3 is 5.97 Å². The molecule has 4 aliphatic carbocycles. The summed E-state index contributed by atoms with van der Waals surface area (Å²) in [5.41, 5.74) is 6.24. The maximum atomic E-state index is 11.5. The number of carboxylic acid groups (broad SMARTS) is 1. The predicted molar refractivity (Wildman–Crippen MR) is 112 cm³/mol. The van der Waals surface area contributed by atoms with Crippen molar-refractivity contribution in [3.8, 4) is 0 Å². The van der Waals surface area contributed by atoms with Crippen molar-refractivity contribution >= 4 is 5.97 Å². The number of hydrogen-bond acceptors (Lipinski definition) is 4. The minimum absolute atomic E-state index is 0.176. The molecule has 0 radical (unpaired) electrons. The van der Waals surface area contributed by atoms with E-state index in [1.807, 2.05) is 0 Å². The van der Waals surface area contributed by atoms with E-state index in [4.69, 9.17) is 10.8 Å². The highest BCUT2D eigenvalue weighted by Crippen LogP contribution is 2.68. The van der Waals surface area contributed by atoms with Gasteiger partial charge in [-0.25, -0.2) is 0 Å². The standard InChI is InChI=1S/C24H41NO4/c1-13(4-7-21(28)29)16-5-6-17-22-18(12-20(27)24(16,17)3)23(2)9-8-15(25)10-14(23)11-19(22)26/h13-20,22,26-27H,4-12,25H2,1-3H3,(H,28,29)/t13-,14+,15+,16-,17+,18+,19?,20+,22+,23+,24-/m1/s1. The van der Waals surface area contributed by atoms with Gasteiger partial charge in [0.2, 0.25) is 0 Å². The topological polar surface area (TPSA) is 104 Å².